The van der Waals surface area contributed by atoms with Crippen LogP contribution in [0.5, 0.6) is 5.75 Å². The molecule has 0 fully saturated rings. The molecule has 0 heterocycles. The molecule has 4 heteroatoms. The van der Waals surface area contributed by atoms with Gasteiger partial charge in [0.1, 0.15) is 5.75 Å². The Morgan fingerprint density at radius 2 is 1.72 bits per heavy atom. The molecule has 0 aromatic heterocycles. The highest BCUT2D eigenvalue weighted by Crippen LogP contribution is 2.19. The number of anilines is 1. The summed E-state index contributed by atoms with van der Waals surface area (Å²) in [6, 6.07) is 22.7. The summed E-state index contributed by atoms with van der Waals surface area (Å²) in [5, 5.41) is 9.73. The van der Waals surface area contributed by atoms with Crippen LogP contribution in [0.25, 0.3) is 10.8 Å². The maximum absolute atomic E-state index is 5.35. The highest BCUT2D eigenvalue weighted by Gasteiger charge is 2.01. The minimum absolute atomic E-state index is 0.642. The molecular weight excluding hydrogens is 328 g/mol. The quantitative estimate of drug-likeness (QED) is 0.496. The van der Waals surface area contributed by atoms with Gasteiger partial charge in [0.2, 0.25) is 0 Å². The van der Waals surface area contributed by atoms with E-state index in [-0.39, 0.29) is 0 Å². The fourth-order valence-electron chi connectivity index (χ4n) is 2.84. The second-order valence-corrected chi connectivity index (χ2v) is 6.26. The van der Waals surface area contributed by atoms with Crippen LogP contribution in [-0.2, 0) is 6.42 Å². The molecule has 0 spiro atoms. The first-order valence-electron chi connectivity index (χ1n) is 8.42. The molecule has 0 bridgehead atoms. The molecule has 0 aliphatic rings. The standard InChI is InChI=1S/C21H22N2OS/c1-24-19-13-11-18(12-14-19)23-21(25)22-15-5-9-17-8-4-7-16-6-2-3-10-20(16)17/h2-4,6-8,10-14H,5,9,15H2,1H3,(H2,22,23,25). The van der Waals surface area contributed by atoms with Crippen molar-refractivity contribution in [3.05, 3.63) is 72.3 Å². The normalized spacial score (nSPS) is 10.4. The number of aryl methyl sites for hydroxylation is 1. The molecule has 0 atom stereocenters. The molecule has 3 aromatic rings. The van der Waals surface area contributed by atoms with E-state index < -0.39 is 0 Å². The zero-order valence-corrected chi connectivity index (χ0v) is 15.1. The van der Waals surface area contributed by atoms with E-state index in [1.54, 1.807) is 7.11 Å². The van der Waals surface area contributed by atoms with Gasteiger partial charge in [-0.15, -0.1) is 0 Å². The van der Waals surface area contributed by atoms with Gasteiger partial charge in [-0.1, -0.05) is 42.5 Å². The van der Waals surface area contributed by atoms with E-state index in [0.29, 0.717) is 5.11 Å². The number of hydrogen-bond acceptors (Lipinski definition) is 2. The topological polar surface area (TPSA) is 33.3 Å². The van der Waals surface area contributed by atoms with E-state index in [9.17, 15) is 0 Å². The van der Waals surface area contributed by atoms with Gasteiger partial charge >= 0.3 is 0 Å². The molecule has 0 aliphatic carbocycles. The number of nitrogens with one attached hydrogen (secondary N) is 2. The lowest BCUT2D eigenvalue weighted by Gasteiger charge is -2.11. The Morgan fingerprint density at radius 1 is 0.960 bits per heavy atom. The summed E-state index contributed by atoms with van der Waals surface area (Å²) >= 11 is 5.35. The maximum atomic E-state index is 5.35. The minimum Gasteiger partial charge on any atom is -0.497 e. The number of rotatable bonds is 6. The van der Waals surface area contributed by atoms with Crippen molar-refractivity contribution in [1.82, 2.24) is 5.32 Å². The van der Waals surface area contributed by atoms with Crippen LogP contribution in [0, 0.1) is 0 Å². The van der Waals surface area contributed by atoms with Gasteiger partial charge in [-0.25, -0.2) is 0 Å². The van der Waals surface area contributed by atoms with Crippen LogP contribution in [0.3, 0.4) is 0 Å². The van der Waals surface area contributed by atoms with Gasteiger partial charge in [0, 0.05) is 12.2 Å². The van der Waals surface area contributed by atoms with Crippen molar-refractivity contribution < 1.29 is 4.74 Å². The van der Waals surface area contributed by atoms with Crippen molar-refractivity contribution in [2.24, 2.45) is 0 Å². The third-order valence-corrected chi connectivity index (χ3v) is 4.38. The van der Waals surface area contributed by atoms with E-state index in [0.717, 1.165) is 30.8 Å². The first-order chi connectivity index (χ1) is 12.3. The van der Waals surface area contributed by atoms with E-state index in [4.69, 9.17) is 17.0 Å². The van der Waals surface area contributed by atoms with Crippen LogP contribution in [0.4, 0.5) is 5.69 Å². The Balaban J connectivity index is 1.46. The van der Waals surface area contributed by atoms with Crippen molar-refractivity contribution in [3.63, 3.8) is 0 Å². The van der Waals surface area contributed by atoms with E-state index in [2.05, 4.69) is 53.1 Å². The Kier molecular flexibility index (Phi) is 5.86. The number of methoxy groups -OCH3 is 1. The number of hydrogen-bond donors (Lipinski definition) is 2. The van der Waals surface area contributed by atoms with Gasteiger partial charge in [0.05, 0.1) is 7.11 Å². The first kappa shape index (κ1) is 17.2. The molecule has 128 valence electrons. The number of ether oxygens (including phenoxy) is 1. The largest absolute Gasteiger partial charge is 0.497 e. The van der Waals surface area contributed by atoms with E-state index >= 15 is 0 Å². The molecule has 3 rings (SSSR count). The summed E-state index contributed by atoms with van der Waals surface area (Å²) in [5.41, 5.74) is 2.33. The molecule has 3 nitrogen and oxygen atoms in total. The first-order valence-corrected chi connectivity index (χ1v) is 8.82. The van der Waals surface area contributed by atoms with Crippen LogP contribution in [-0.4, -0.2) is 18.8 Å². The van der Waals surface area contributed by atoms with Gasteiger partial charge in [-0.05, 0) is 65.7 Å². The van der Waals surface area contributed by atoms with Crippen molar-refractivity contribution in [2.45, 2.75) is 12.8 Å². The molecule has 0 saturated carbocycles. The van der Waals surface area contributed by atoms with Crippen molar-refractivity contribution in [3.8, 4) is 5.75 Å². The van der Waals surface area contributed by atoms with Crippen LogP contribution in [0.15, 0.2) is 66.7 Å². The number of thiocarbonyl (C=S) groups is 1. The number of benzene rings is 3. The summed E-state index contributed by atoms with van der Waals surface area (Å²) < 4.78 is 5.15. The Labute approximate surface area is 154 Å². The minimum atomic E-state index is 0.642. The Bertz CT molecular complexity index is 841. The lowest BCUT2D eigenvalue weighted by atomic mass is 10.0. The average Bonchev–Trinajstić information content (AvgIpc) is 2.66. The molecular formula is C21H22N2OS. The third-order valence-electron chi connectivity index (χ3n) is 4.14. The molecule has 0 radical (unpaired) electrons. The van der Waals surface area contributed by atoms with Gasteiger partial charge < -0.3 is 15.4 Å². The Hall–Kier alpha value is -2.59. The smallest absolute Gasteiger partial charge is 0.170 e. The lowest BCUT2D eigenvalue weighted by Crippen LogP contribution is -2.29. The summed E-state index contributed by atoms with van der Waals surface area (Å²) in [6.45, 7) is 0.839. The third kappa shape index (κ3) is 4.70. The molecule has 2 N–H and O–H groups in total. The fourth-order valence-corrected chi connectivity index (χ4v) is 3.06. The van der Waals surface area contributed by atoms with E-state index in [1.165, 1.54) is 16.3 Å². The summed E-state index contributed by atoms with van der Waals surface area (Å²) in [6.07, 6.45) is 2.05. The summed E-state index contributed by atoms with van der Waals surface area (Å²) in [5.74, 6) is 0.833. The molecule has 0 amide bonds. The van der Waals surface area contributed by atoms with E-state index in [1.807, 2.05) is 24.3 Å². The van der Waals surface area contributed by atoms with Gasteiger partial charge in [0.15, 0.2) is 5.11 Å². The highest BCUT2D eigenvalue weighted by molar-refractivity contribution is 7.80. The average molecular weight is 350 g/mol. The maximum Gasteiger partial charge on any atom is 0.170 e. The van der Waals surface area contributed by atoms with Crippen LogP contribution < -0.4 is 15.4 Å². The predicted octanol–water partition coefficient (Wildman–Crippen LogP) is 4.77. The van der Waals surface area contributed by atoms with Gasteiger partial charge in [-0.2, -0.15) is 0 Å². The predicted molar refractivity (Wildman–Crippen MR) is 109 cm³/mol. The van der Waals surface area contributed by atoms with Crippen molar-refractivity contribution in [2.75, 3.05) is 19.0 Å². The number of fused-ring (bicyclic) bond motifs is 1. The molecule has 0 saturated heterocycles. The zero-order valence-electron chi connectivity index (χ0n) is 14.3. The molecule has 25 heavy (non-hydrogen) atoms. The summed E-state index contributed by atoms with van der Waals surface area (Å²) in [4.78, 5) is 0. The van der Waals surface area contributed by atoms with Crippen LogP contribution in [0.2, 0.25) is 0 Å². The SMILES string of the molecule is COc1ccc(NC(=S)NCCCc2cccc3ccccc23)cc1. The highest BCUT2D eigenvalue weighted by atomic mass is 32.1. The monoisotopic (exact) mass is 350 g/mol. The zero-order chi connectivity index (χ0) is 17.5. The fraction of sp³-hybridized carbons (Fsp3) is 0.190. The second kappa shape index (κ2) is 8.49. The van der Waals surface area contributed by atoms with Crippen molar-refractivity contribution in [1.29, 1.82) is 0 Å². The van der Waals surface area contributed by atoms with Crippen molar-refractivity contribution >= 4 is 33.8 Å². The summed E-state index contributed by atoms with van der Waals surface area (Å²) in [7, 11) is 1.66. The van der Waals surface area contributed by atoms with Gasteiger partial charge in [-0.3, -0.25) is 0 Å². The van der Waals surface area contributed by atoms with Gasteiger partial charge in [0.25, 0.3) is 0 Å². The molecule has 0 unspecified atom stereocenters. The molecule has 3 aromatic carbocycles. The lowest BCUT2D eigenvalue weighted by molar-refractivity contribution is 0.415. The molecule has 0 aliphatic heterocycles. The van der Waals surface area contributed by atoms with Crippen LogP contribution >= 0.6 is 12.2 Å². The second-order valence-electron chi connectivity index (χ2n) is 5.85. The Morgan fingerprint density at radius 3 is 2.52 bits per heavy atom. The van der Waals surface area contributed by atoms with Crippen LogP contribution in [0.1, 0.15) is 12.0 Å².